The minimum Gasteiger partial charge on any atom is -0.481 e. The number of fused-ring (bicyclic) bond motifs is 6. The number of hydrogen-bond acceptors (Lipinski definition) is 4. The van der Waals surface area contributed by atoms with Gasteiger partial charge >= 0.3 is 5.97 Å². The second kappa shape index (κ2) is 7.14. The third kappa shape index (κ3) is 2.70. The molecule has 0 aromatic heterocycles. The zero-order chi connectivity index (χ0) is 26.9. The molecule has 5 heteroatoms. The highest BCUT2D eigenvalue weighted by Crippen LogP contribution is 2.76. The number of ketones is 1. The number of allylic oxidation sites excluding steroid dienone is 4. The van der Waals surface area contributed by atoms with E-state index in [1.165, 1.54) is 11.1 Å². The van der Waals surface area contributed by atoms with E-state index in [2.05, 4.69) is 39.8 Å². The van der Waals surface area contributed by atoms with Gasteiger partial charge in [0.1, 0.15) is 5.78 Å². The van der Waals surface area contributed by atoms with Crippen LogP contribution in [-0.4, -0.2) is 39.3 Å². The predicted octanol–water partition coefficient (Wildman–Crippen LogP) is 5.69. The number of carbonyl (C=O) groups is 2. The van der Waals surface area contributed by atoms with Crippen molar-refractivity contribution in [3.63, 3.8) is 0 Å². The van der Waals surface area contributed by atoms with Gasteiger partial charge in [0, 0.05) is 17.3 Å². The van der Waals surface area contributed by atoms with E-state index in [1.54, 1.807) is 0 Å². The molecule has 0 radical (unpaired) electrons. The summed E-state index contributed by atoms with van der Waals surface area (Å²) in [7, 11) is 0. The zero-order valence-electron chi connectivity index (χ0n) is 23.5. The molecule has 200 valence electrons. The van der Waals surface area contributed by atoms with Gasteiger partial charge in [-0.3, -0.25) is 9.59 Å². The van der Waals surface area contributed by atoms with Crippen molar-refractivity contribution in [1.29, 1.82) is 0 Å². The lowest BCUT2D eigenvalue weighted by molar-refractivity contribution is -0.234. The topological polar surface area (TPSA) is 94.8 Å². The summed E-state index contributed by atoms with van der Waals surface area (Å²) in [5.74, 6) is -0.633. The Morgan fingerprint density at radius 2 is 1.53 bits per heavy atom. The lowest BCUT2D eigenvalue weighted by atomic mass is 9.31. The van der Waals surface area contributed by atoms with Gasteiger partial charge in [0.15, 0.2) is 0 Å². The molecule has 0 unspecified atom stereocenters. The molecule has 0 aliphatic heterocycles. The second-order valence-corrected chi connectivity index (χ2v) is 15.1. The number of aliphatic hydroxyl groups excluding tert-OH is 2. The molecule has 5 aliphatic carbocycles. The Morgan fingerprint density at radius 3 is 2.14 bits per heavy atom. The Labute approximate surface area is 216 Å². The van der Waals surface area contributed by atoms with Crippen LogP contribution in [0.3, 0.4) is 0 Å². The molecule has 5 aliphatic rings. The van der Waals surface area contributed by atoms with Crippen molar-refractivity contribution < 1.29 is 24.9 Å². The standard InChI is InChI=1S/C31H46O5/c1-25(2)23(34)20(32)15-21-29(6)10-9-18-19-16-27(4,24(35)36)12-11-26(19,3)13-14-28(18,5)30(29,7)17-22(33)31(21,25)8/h9-10,20-21,23,32,34H,11-17H2,1-8H3,(H,35,36)/t20-,21+,23+,26-,27+,28+,29+,30-,31-/m0/s1. The molecule has 5 rings (SSSR count). The summed E-state index contributed by atoms with van der Waals surface area (Å²) in [5, 5.41) is 32.0. The maximum absolute atomic E-state index is 14.3. The van der Waals surface area contributed by atoms with Crippen LogP contribution >= 0.6 is 0 Å². The van der Waals surface area contributed by atoms with Crippen molar-refractivity contribution in [2.24, 2.45) is 43.8 Å². The highest BCUT2D eigenvalue weighted by molar-refractivity contribution is 5.88. The number of aliphatic hydroxyl groups is 2. The van der Waals surface area contributed by atoms with Gasteiger partial charge in [0.25, 0.3) is 0 Å². The van der Waals surface area contributed by atoms with E-state index in [0.29, 0.717) is 25.7 Å². The molecule has 0 heterocycles. The molecule has 3 fully saturated rings. The highest BCUT2D eigenvalue weighted by Gasteiger charge is 2.74. The van der Waals surface area contributed by atoms with E-state index < -0.39 is 34.4 Å². The summed E-state index contributed by atoms with van der Waals surface area (Å²) >= 11 is 0. The molecule has 9 atom stereocenters. The molecular formula is C31H46O5. The van der Waals surface area contributed by atoms with Gasteiger partial charge in [0.2, 0.25) is 0 Å². The SMILES string of the molecule is CC1(C)[C@H](O)[C@@H](O)C[C@H]2[C@@]1(C)C(=O)C[C@@]1(C)[C@]3(C)CC[C@]4(C)CC[C@@](C)(C(=O)O)CC4=C3C=C[C@]21C. The van der Waals surface area contributed by atoms with Gasteiger partial charge in [-0.15, -0.1) is 0 Å². The first-order valence-electron chi connectivity index (χ1n) is 13.9. The molecule has 0 aromatic carbocycles. The average molecular weight is 499 g/mol. The molecular weight excluding hydrogens is 452 g/mol. The lowest BCUT2D eigenvalue weighted by Gasteiger charge is -2.72. The van der Waals surface area contributed by atoms with Crippen molar-refractivity contribution in [3.05, 3.63) is 23.3 Å². The van der Waals surface area contributed by atoms with Crippen molar-refractivity contribution in [3.8, 4) is 0 Å². The number of rotatable bonds is 1. The number of hydrogen-bond donors (Lipinski definition) is 3. The van der Waals surface area contributed by atoms with E-state index in [9.17, 15) is 24.9 Å². The average Bonchev–Trinajstić information content (AvgIpc) is 2.79. The minimum atomic E-state index is -0.942. The number of aliphatic carboxylic acids is 1. The maximum Gasteiger partial charge on any atom is 0.309 e. The van der Waals surface area contributed by atoms with Crippen LogP contribution in [0.5, 0.6) is 0 Å². The largest absolute Gasteiger partial charge is 0.481 e. The fourth-order valence-electron chi connectivity index (χ4n) is 9.79. The molecule has 36 heavy (non-hydrogen) atoms. The summed E-state index contributed by atoms with van der Waals surface area (Å²) in [6.45, 7) is 17.0. The van der Waals surface area contributed by atoms with E-state index in [4.69, 9.17) is 0 Å². The summed E-state index contributed by atoms with van der Waals surface area (Å²) in [5.41, 5.74) is -0.723. The summed E-state index contributed by atoms with van der Waals surface area (Å²) < 4.78 is 0. The van der Waals surface area contributed by atoms with Crippen molar-refractivity contribution in [2.45, 2.75) is 113 Å². The van der Waals surface area contributed by atoms with Crippen molar-refractivity contribution in [2.75, 3.05) is 0 Å². The van der Waals surface area contributed by atoms with Crippen LogP contribution in [0, 0.1) is 43.8 Å². The Balaban J connectivity index is 1.73. The molecule has 3 saturated carbocycles. The molecule has 0 bridgehead atoms. The van der Waals surface area contributed by atoms with Crippen LogP contribution in [0.15, 0.2) is 23.3 Å². The van der Waals surface area contributed by atoms with Gasteiger partial charge in [-0.1, -0.05) is 66.2 Å². The monoisotopic (exact) mass is 498 g/mol. The molecule has 3 N–H and O–H groups in total. The first-order chi connectivity index (χ1) is 16.3. The van der Waals surface area contributed by atoms with Crippen LogP contribution < -0.4 is 0 Å². The lowest BCUT2D eigenvalue weighted by Crippen LogP contribution is -2.72. The van der Waals surface area contributed by atoms with E-state index >= 15 is 0 Å². The van der Waals surface area contributed by atoms with E-state index in [1.807, 2.05) is 27.7 Å². The van der Waals surface area contributed by atoms with Gasteiger partial charge in [-0.25, -0.2) is 0 Å². The van der Waals surface area contributed by atoms with Crippen LogP contribution in [-0.2, 0) is 9.59 Å². The van der Waals surface area contributed by atoms with Gasteiger partial charge in [0.05, 0.1) is 17.6 Å². The van der Waals surface area contributed by atoms with Gasteiger partial charge in [-0.2, -0.15) is 0 Å². The summed E-state index contributed by atoms with van der Waals surface area (Å²) in [6, 6.07) is 0. The third-order valence-electron chi connectivity index (χ3n) is 13.6. The van der Waals surface area contributed by atoms with Crippen molar-refractivity contribution >= 4 is 11.8 Å². The van der Waals surface area contributed by atoms with Gasteiger partial charge < -0.3 is 15.3 Å². The molecule has 5 nitrogen and oxygen atoms in total. The summed E-state index contributed by atoms with van der Waals surface area (Å²) in [4.78, 5) is 26.5. The maximum atomic E-state index is 14.3. The number of carboxylic acid groups (broad SMARTS) is 1. The fraction of sp³-hybridized carbons (Fsp3) is 0.806. The third-order valence-corrected chi connectivity index (χ3v) is 13.6. The molecule has 0 amide bonds. The molecule has 0 saturated heterocycles. The van der Waals surface area contributed by atoms with Crippen LogP contribution in [0.4, 0.5) is 0 Å². The summed E-state index contributed by atoms with van der Waals surface area (Å²) in [6.07, 6.45) is 7.71. The van der Waals surface area contributed by atoms with Crippen molar-refractivity contribution in [1.82, 2.24) is 0 Å². The first-order valence-corrected chi connectivity index (χ1v) is 13.9. The highest BCUT2D eigenvalue weighted by atomic mass is 16.4. The number of carboxylic acids is 1. The predicted molar refractivity (Wildman–Crippen MR) is 139 cm³/mol. The molecule has 0 spiro atoms. The van der Waals surface area contributed by atoms with E-state index in [0.717, 1.165) is 19.3 Å². The molecule has 0 aromatic rings. The smallest absolute Gasteiger partial charge is 0.309 e. The Kier molecular flexibility index (Phi) is 5.19. The normalized spacial score (nSPS) is 53.7. The van der Waals surface area contributed by atoms with Crippen LogP contribution in [0.1, 0.15) is 100 Å². The second-order valence-electron chi connectivity index (χ2n) is 15.1. The van der Waals surface area contributed by atoms with Crippen LogP contribution in [0.25, 0.3) is 0 Å². The zero-order valence-corrected chi connectivity index (χ0v) is 23.5. The van der Waals surface area contributed by atoms with Gasteiger partial charge in [-0.05, 0) is 78.6 Å². The number of carbonyl (C=O) groups excluding carboxylic acids is 1. The van der Waals surface area contributed by atoms with E-state index in [-0.39, 0.29) is 33.4 Å². The fourth-order valence-corrected chi connectivity index (χ4v) is 9.79. The number of Topliss-reactive ketones (excluding diaryl/α,β-unsaturated/α-hetero) is 1. The quantitative estimate of drug-likeness (QED) is 0.431. The first kappa shape index (κ1) is 26.2. The Morgan fingerprint density at radius 1 is 0.917 bits per heavy atom. The minimum absolute atomic E-state index is 0.00142. The Hall–Kier alpha value is -1.46. The Bertz CT molecular complexity index is 1100. The van der Waals surface area contributed by atoms with Crippen LogP contribution in [0.2, 0.25) is 0 Å².